The van der Waals surface area contributed by atoms with E-state index in [-0.39, 0.29) is 11.5 Å². The second-order valence-electron chi connectivity index (χ2n) is 20.7. The van der Waals surface area contributed by atoms with Gasteiger partial charge >= 0.3 is 0 Å². The molecule has 72 heavy (non-hydrogen) atoms. The van der Waals surface area contributed by atoms with Gasteiger partial charge in [0.1, 0.15) is 0 Å². The van der Waals surface area contributed by atoms with Crippen LogP contribution in [-0.4, -0.2) is 10.6 Å². The summed E-state index contributed by atoms with van der Waals surface area (Å²) in [5, 5.41) is 2.58. The molecule has 2 heterocycles. The molecule has 4 aliphatic rings. The third-order valence-electron chi connectivity index (χ3n) is 16.7. The molecule has 1 spiro atoms. The molecule has 0 bridgehead atoms. The van der Waals surface area contributed by atoms with Gasteiger partial charge in [0, 0.05) is 44.3 Å². The number of hydrogen-bond acceptors (Lipinski definition) is 1. The topological polar surface area (TPSA) is 8.17 Å². The minimum atomic E-state index is -0.558. The third-order valence-corrected chi connectivity index (χ3v) is 16.7. The lowest BCUT2D eigenvalue weighted by Gasteiger charge is -2.46. The fourth-order valence-electron chi connectivity index (χ4n) is 13.6. The summed E-state index contributed by atoms with van der Waals surface area (Å²) in [5.41, 5.74) is 26.1. The van der Waals surface area contributed by atoms with Crippen molar-refractivity contribution in [3.05, 3.63) is 282 Å². The average molecular weight is 919 g/mol. The number of anilines is 2. The van der Waals surface area contributed by atoms with Crippen LogP contribution in [0.4, 0.5) is 11.4 Å². The van der Waals surface area contributed by atoms with Gasteiger partial charge in [-0.2, -0.15) is 0 Å². The molecule has 1 aromatic heterocycles. The molecule has 2 heteroatoms. The molecule has 15 rings (SSSR count). The van der Waals surface area contributed by atoms with Gasteiger partial charge in [-0.15, -0.1) is 0 Å². The number of benzene rings is 10. The Bertz CT molecular complexity index is 4040. The minimum absolute atomic E-state index is 0.135. The summed E-state index contributed by atoms with van der Waals surface area (Å²) in [6, 6.07) is 85.1. The van der Waals surface area contributed by atoms with Crippen LogP contribution in [0.2, 0.25) is 0 Å². The monoisotopic (exact) mass is 918 g/mol. The Morgan fingerprint density at radius 2 is 1.06 bits per heavy atom. The second-order valence-corrected chi connectivity index (χ2v) is 20.7. The van der Waals surface area contributed by atoms with Crippen LogP contribution in [0.5, 0.6) is 0 Å². The van der Waals surface area contributed by atoms with Crippen molar-refractivity contribution in [1.82, 2.24) is 4.57 Å². The van der Waals surface area contributed by atoms with Crippen LogP contribution in [-0.2, 0) is 10.8 Å². The van der Waals surface area contributed by atoms with Gasteiger partial charge in [-0.1, -0.05) is 214 Å². The molecule has 1 atom stereocenters. The zero-order valence-electron chi connectivity index (χ0n) is 40.4. The van der Waals surface area contributed by atoms with Gasteiger partial charge in [0.2, 0.25) is 0 Å². The highest BCUT2D eigenvalue weighted by Gasteiger charge is 2.55. The first-order valence-corrected chi connectivity index (χ1v) is 25.5. The van der Waals surface area contributed by atoms with Crippen molar-refractivity contribution in [3.63, 3.8) is 0 Å². The molecule has 1 aliphatic heterocycles. The molecule has 0 saturated carbocycles. The molecular weight excluding hydrogens is 869 g/mol. The first kappa shape index (κ1) is 41.1. The lowest BCUT2D eigenvalue weighted by atomic mass is 9.55. The molecule has 2 nitrogen and oxygen atoms in total. The van der Waals surface area contributed by atoms with E-state index in [2.05, 4.69) is 272 Å². The SMILES string of the molecule is CC1(C)c2ccccc2C2(c3ccccc31)c1cc(-c3ccc(N(c4ccc(-c5ccccc5)cc4-c4ccccc4)C4C=CC=CC4)cc3)cc3c1-c1c2ccc2c4ccccc4n(c12)-c1ccccc1-3. The maximum atomic E-state index is 2.58. The van der Waals surface area contributed by atoms with Crippen LogP contribution < -0.4 is 4.90 Å². The molecule has 340 valence electrons. The summed E-state index contributed by atoms with van der Waals surface area (Å²) in [6.45, 7) is 4.84. The zero-order chi connectivity index (χ0) is 47.7. The van der Waals surface area contributed by atoms with Crippen molar-refractivity contribution in [3.8, 4) is 61.3 Å². The lowest BCUT2D eigenvalue weighted by molar-refractivity contribution is 0.563. The Morgan fingerprint density at radius 1 is 0.431 bits per heavy atom. The van der Waals surface area contributed by atoms with Gasteiger partial charge in [-0.3, -0.25) is 0 Å². The molecule has 0 radical (unpaired) electrons. The first-order valence-electron chi connectivity index (χ1n) is 25.5. The van der Waals surface area contributed by atoms with Crippen LogP contribution in [0, 0.1) is 0 Å². The number of aromatic nitrogens is 1. The van der Waals surface area contributed by atoms with Gasteiger partial charge in [0.15, 0.2) is 0 Å². The van der Waals surface area contributed by atoms with E-state index in [9.17, 15) is 0 Å². The fraction of sp³-hybridized carbons (Fsp3) is 0.0857. The van der Waals surface area contributed by atoms with Crippen molar-refractivity contribution < 1.29 is 0 Å². The normalized spacial score (nSPS) is 15.8. The number of nitrogens with zero attached hydrogens (tertiary/aromatic N) is 2. The molecule has 0 fully saturated rings. The number of hydrogen-bond donors (Lipinski definition) is 0. The highest BCUT2D eigenvalue weighted by atomic mass is 15.2. The Hall–Kier alpha value is -8.72. The standard InChI is InChI=1S/C70H50N2/c1-69(2)57-28-14-16-30-59(57)70(60-31-17-15-29-58(60)69)61-40-39-54-52-26-12-18-32-63(52)72-64-33-19-13-27-53(64)56-43-49(44-62(70)66(56)67(61)68(54)72)46-34-37-51(38-35-46)71(50-24-10-5-11-25-50)65-41-36-48(45-20-6-3-7-21-45)42-55(65)47-22-8-4-9-23-47/h3-24,26-44,50H,25H2,1-2H3. The van der Waals surface area contributed by atoms with Gasteiger partial charge in [0.25, 0.3) is 0 Å². The summed E-state index contributed by atoms with van der Waals surface area (Å²) < 4.78 is 2.58. The van der Waals surface area contributed by atoms with Crippen LogP contribution in [0.1, 0.15) is 53.6 Å². The van der Waals surface area contributed by atoms with Gasteiger partial charge in [-0.05, 0) is 127 Å². The molecule has 11 aromatic rings. The van der Waals surface area contributed by atoms with Crippen molar-refractivity contribution in [2.75, 3.05) is 4.90 Å². The van der Waals surface area contributed by atoms with Crippen LogP contribution >= 0.6 is 0 Å². The van der Waals surface area contributed by atoms with E-state index >= 15 is 0 Å². The van der Waals surface area contributed by atoms with E-state index < -0.39 is 5.41 Å². The van der Waals surface area contributed by atoms with Crippen LogP contribution in [0.15, 0.2) is 249 Å². The van der Waals surface area contributed by atoms with E-state index in [4.69, 9.17) is 0 Å². The Balaban J connectivity index is 0.983. The molecule has 10 aromatic carbocycles. The number of fused-ring (bicyclic) bond motifs is 12. The first-order chi connectivity index (χ1) is 35.5. The van der Waals surface area contributed by atoms with Crippen molar-refractivity contribution in [2.24, 2.45) is 0 Å². The third kappa shape index (κ3) is 5.61. The van der Waals surface area contributed by atoms with Crippen LogP contribution in [0.3, 0.4) is 0 Å². The minimum Gasteiger partial charge on any atom is -0.334 e. The molecular formula is C70H50N2. The number of rotatable bonds is 6. The Labute approximate surface area is 421 Å². The van der Waals surface area contributed by atoms with E-state index in [1.54, 1.807) is 0 Å². The van der Waals surface area contributed by atoms with Crippen molar-refractivity contribution in [1.29, 1.82) is 0 Å². The van der Waals surface area contributed by atoms with Gasteiger partial charge in [0.05, 0.1) is 28.2 Å². The number of para-hydroxylation sites is 2. The number of allylic oxidation sites excluding steroid dienone is 2. The fourth-order valence-corrected chi connectivity index (χ4v) is 13.6. The summed E-state index contributed by atoms with van der Waals surface area (Å²) in [7, 11) is 0. The van der Waals surface area contributed by atoms with E-state index in [1.165, 1.54) is 122 Å². The maximum Gasteiger partial charge on any atom is 0.0720 e. The zero-order valence-corrected chi connectivity index (χ0v) is 40.4. The lowest BCUT2D eigenvalue weighted by Crippen LogP contribution is -2.40. The quantitative estimate of drug-likeness (QED) is 0.161. The summed E-state index contributed by atoms with van der Waals surface area (Å²) in [6.07, 6.45) is 9.94. The largest absolute Gasteiger partial charge is 0.334 e. The highest BCUT2D eigenvalue weighted by molar-refractivity contribution is 6.19. The summed E-state index contributed by atoms with van der Waals surface area (Å²) >= 11 is 0. The molecule has 0 saturated heterocycles. The highest BCUT2D eigenvalue weighted by Crippen LogP contribution is 2.66. The molecule has 3 aliphatic carbocycles. The van der Waals surface area contributed by atoms with Crippen LogP contribution in [0.25, 0.3) is 83.1 Å². The second kappa shape index (κ2) is 15.4. The van der Waals surface area contributed by atoms with Gasteiger partial charge < -0.3 is 9.47 Å². The summed E-state index contributed by atoms with van der Waals surface area (Å²) in [4.78, 5) is 2.56. The molecule has 1 unspecified atom stereocenters. The molecule has 0 N–H and O–H groups in total. The Morgan fingerprint density at radius 3 is 1.79 bits per heavy atom. The average Bonchev–Trinajstić information content (AvgIpc) is 3.90. The smallest absolute Gasteiger partial charge is 0.0720 e. The van der Waals surface area contributed by atoms with E-state index in [1.807, 2.05) is 0 Å². The van der Waals surface area contributed by atoms with E-state index in [0.29, 0.717) is 0 Å². The predicted octanol–water partition coefficient (Wildman–Crippen LogP) is 17.8. The predicted molar refractivity (Wildman–Crippen MR) is 301 cm³/mol. The maximum absolute atomic E-state index is 2.58. The van der Waals surface area contributed by atoms with Crippen molar-refractivity contribution in [2.45, 2.75) is 37.1 Å². The van der Waals surface area contributed by atoms with E-state index in [0.717, 1.165) is 12.1 Å². The Kier molecular flexibility index (Phi) is 8.78. The van der Waals surface area contributed by atoms with Gasteiger partial charge in [-0.25, -0.2) is 0 Å². The summed E-state index contributed by atoms with van der Waals surface area (Å²) in [5.74, 6) is 0. The molecule has 0 amide bonds. The van der Waals surface area contributed by atoms with Crippen molar-refractivity contribution >= 4 is 33.2 Å².